The van der Waals surface area contributed by atoms with Gasteiger partial charge in [-0.15, -0.1) is 0 Å². The van der Waals surface area contributed by atoms with E-state index in [9.17, 15) is 34.5 Å². The number of ether oxygens (including phenoxy) is 5. The highest BCUT2D eigenvalue weighted by Crippen LogP contribution is 2.26. The summed E-state index contributed by atoms with van der Waals surface area (Å²) in [7, 11) is 0. The molecule has 75 heavy (non-hydrogen) atoms. The van der Waals surface area contributed by atoms with E-state index in [1.165, 1.54) is 89.9 Å². The standard InChI is InChI=1S/C63H108O12/c1-4-7-10-13-16-19-22-25-27-28-30-32-34-37-40-43-46-49-55(64)71-52-54(73-56(65)50-47-44-41-38-36-33-29-26-23-20-17-14-11-8-5-2)53-72-63-61(59(68)58(67)60(75-63)62(69)70)74-57(66)51-48-45-42-39-35-31-24-21-18-15-12-9-6-3/h8,11,16-17,19-20,25-27,29,54,58-61,63,67-68H,4-7,9-10,12-15,18,21-24,28,30-53H2,1-3H3,(H,69,70)/b11-8-,19-16-,20-17-,27-25-,29-26-. The van der Waals surface area contributed by atoms with Crippen LogP contribution in [0.1, 0.15) is 265 Å². The summed E-state index contributed by atoms with van der Waals surface area (Å²) in [4.78, 5) is 51.1. The van der Waals surface area contributed by atoms with Gasteiger partial charge in [0.1, 0.15) is 18.8 Å². The minimum atomic E-state index is -1.90. The molecule has 0 saturated carbocycles. The minimum Gasteiger partial charge on any atom is -0.479 e. The van der Waals surface area contributed by atoms with Crippen molar-refractivity contribution in [3.8, 4) is 0 Å². The molecule has 1 fully saturated rings. The fourth-order valence-corrected chi connectivity index (χ4v) is 8.94. The number of aliphatic hydroxyl groups is 2. The average Bonchev–Trinajstić information content (AvgIpc) is 3.39. The van der Waals surface area contributed by atoms with E-state index in [4.69, 9.17) is 23.7 Å². The lowest BCUT2D eigenvalue weighted by molar-refractivity contribution is -0.301. The van der Waals surface area contributed by atoms with E-state index in [0.717, 1.165) is 116 Å². The number of allylic oxidation sites excluding steroid dienone is 10. The largest absolute Gasteiger partial charge is 0.479 e. The monoisotopic (exact) mass is 1060 g/mol. The molecule has 1 aliphatic heterocycles. The van der Waals surface area contributed by atoms with Crippen LogP contribution in [0.15, 0.2) is 60.8 Å². The van der Waals surface area contributed by atoms with E-state index in [1.54, 1.807) is 0 Å². The number of unbranched alkanes of at least 4 members (excludes halogenated alkanes) is 27. The molecule has 0 amide bonds. The first-order valence-corrected chi connectivity index (χ1v) is 30.3. The van der Waals surface area contributed by atoms with Gasteiger partial charge in [-0.05, 0) is 83.5 Å². The fourth-order valence-electron chi connectivity index (χ4n) is 8.94. The second-order valence-electron chi connectivity index (χ2n) is 20.6. The van der Waals surface area contributed by atoms with E-state index in [0.29, 0.717) is 19.3 Å². The zero-order valence-electron chi connectivity index (χ0n) is 47.5. The normalized spacial score (nSPS) is 18.5. The predicted molar refractivity (Wildman–Crippen MR) is 303 cm³/mol. The van der Waals surface area contributed by atoms with Crippen molar-refractivity contribution in [1.82, 2.24) is 0 Å². The Hall–Kier alpha value is -3.58. The van der Waals surface area contributed by atoms with Gasteiger partial charge < -0.3 is 39.0 Å². The van der Waals surface area contributed by atoms with Crippen LogP contribution >= 0.6 is 0 Å². The molecule has 0 aromatic rings. The summed E-state index contributed by atoms with van der Waals surface area (Å²) in [5.74, 6) is -3.14. The first-order valence-electron chi connectivity index (χ1n) is 30.3. The molecule has 6 atom stereocenters. The van der Waals surface area contributed by atoms with E-state index < -0.39 is 67.3 Å². The lowest BCUT2D eigenvalue weighted by atomic mass is 9.98. The summed E-state index contributed by atoms with van der Waals surface area (Å²) in [6, 6.07) is 0. The summed E-state index contributed by atoms with van der Waals surface area (Å²) < 4.78 is 28.4. The van der Waals surface area contributed by atoms with Crippen LogP contribution in [0, 0.1) is 0 Å². The van der Waals surface area contributed by atoms with Gasteiger partial charge in [-0.1, -0.05) is 223 Å². The van der Waals surface area contributed by atoms with Gasteiger partial charge in [0, 0.05) is 19.3 Å². The Morgan fingerprint density at radius 1 is 0.453 bits per heavy atom. The average molecular weight is 1060 g/mol. The van der Waals surface area contributed by atoms with Crippen LogP contribution in [0.25, 0.3) is 0 Å². The molecule has 0 bridgehead atoms. The van der Waals surface area contributed by atoms with Crippen molar-refractivity contribution in [2.75, 3.05) is 13.2 Å². The Bertz CT molecular complexity index is 1540. The topological polar surface area (TPSA) is 175 Å². The van der Waals surface area contributed by atoms with E-state index in [-0.39, 0.29) is 25.9 Å². The van der Waals surface area contributed by atoms with Crippen molar-refractivity contribution in [3.63, 3.8) is 0 Å². The van der Waals surface area contributed by atoms with Crippen LogP contribution in [0.2, 0.25) is 0 Å². The maximum Gasteiger partial charge on any atom is 0.335 e. The summed E-state index contributed by atoms with van der Waals surface area (Å²) in [5, 5.41) is 31.5. The van der Waals surface area contributed by atoms with Gasteiger partial charge in [0.2, 0.25) is 0 Å². The molecular formula is C63H108O12. The number of esters is 3. The smallest absolute Gasteiger partial charge is 0.335 e. The molecule has 3 N–H and O–H groups in total. The molecule has 1 heterocycles. The Morgan fingerprint density at radius 3 is 1.31 bits per heavy atom. The number of carbonyl (C=O) groups is 4. The third-order valence-corrected chi connectivity index (χ3v) is 13.6. The van der Waals surface area contributed by atoms with Crippen molar-refractivity contribution >= 4 is 23.9 Å². The van der Waals surface area contributed by atoms with E-state index in [2.05, 4.69) is 81.5 Å². The molecule has 12 heteroatoms. The number of rotatable bonds is 51. The van der Waals surface area contributed by atoms with Gasteiger partial charge in [0.25, 0.3) is 0 Å². The predicted octanol–water partition coefficient (Wildman–Crippen LogP) is 15.6. The van der Waals surface area contributed by atoms with Gasteiger partial charge in [0.05, 0.1) is 6.61 Å². The highest BCUT2D eigenvalue weighted by atomic mass is 16.7. The molecular weight excluding hydrogens is 949 g/mol. The Balaban J connectivity index is 2.69. The lowest BCUT2D eigenvalue weighted by Crippen LogP contribution is -2.61. The third kappa shape index (κ3) is 41.2. The number of aliphatic hydroxyl groups excluding tert-OH is 2. The Labute approximate surface area is 456 Å². The van der Waals surface area contributed by atoms with E-state index >= 15 is 0 Å². The van der Waals surface area contributed by atoms with Crippen LogP contribution in [-0.4, -0.2) is 89.2 Å². The second kappa shape index (κ2) is 51.2. The van der Waals surface area contributed by atoms with Crippen LogP contribution in [-0.2, 0) is 42.9 Å². The molecule has 6 unspecified atom stereocenters. The molecule has 0 spiro atoms. The lowest BCUT2D eigenvalue weighted by Gasteiger charge is -2.40. The van der Waals surface area contributed by atoms with Gasteiger partial charge in [-0.25, -0.2) is 4.79 Å². The molecule has 432 valence electrons. The summed E-state index contributed by atoms with van der Waals surface area (Å²) in [6.45, 7) is 5.84. The van der Waals surface area contributed by atoms with Crippen LogP contribution in [0.3, 0.4) is 0 Å². The molecule has 0 radical (unpaired) electrons. The second-order valence-corrected chi connectivity index (χ2v) is 20.6. The van der Waals surface area contributed by atoms with Gasteiger partial charge in [0.15, 0.2) is 24.6 Å². The Kier molecular flexibility index (Phi) is 47.4. The number of carbonyl (C=O) groups excluding carboxylic acids is 3. The SMILES string of the molecule is CC/C=C\C/C=C\C/C=C\CCCCCCCC(=O)OC(COC(=O)CCCCCCCCC/C=C\C/C=C\CCCCC)COC1OC(C(=O)O)C(O)C(O)C1OC(=O)CCCCCCCCCCCCCCC. The summed E-state index contributed by atoms with van der Waals surface area (Å²) >= 11 is 0. The molecule has 0 aliphatic carbocycles. The van der Waals surface area contributed by atoms with Gasteiger partial charge >= 0.3 is 23.9 Å². The number of aliphatic carboxylic acids is 1. The van der Waals surface area contributed by atoms with Crippen molar-refractivity contribution in [2.45, 2.75) is 302 Å². The number of carboxylic acid groups (broad SMARTS) is 1. The van der Waals surface area contributed by atoms with Crippen LogP contribution in [0.5, 0.6) is 0 Å². The minimum absolute atomic E-state index is 0.0599. The summed E-state index contributed by atoms with van der Waals surface area (Å²) in [5.41, 5.74) is 0. The van der Waals surface area contributed by atoms with Gasteiger partial charge in [-0.2, -0.15) is 0 Å². The molecule has 1 saturated heterocycles. The van der Waals surface area contributed by atoms with Crippen LogP contribution < -0.4 is 0 Å². The quantitative estimate of drug-likeness (QED) is 0.0228. The van der Waals surface area contributed by atoms with Crippen molar-refractivity contribution in [2.24, 2.45) is 0 Å². The van der Waals surface area contributed by atoms with Crippen molar-refractivity contribution in [3.05, 3.63) is 60.8 Å². The highest BCUT2D eigenvalue weighted by molar-refractivity contribution is 5.74. The van der Waals surface area contributed by atoms with Crippen LogP contribution in [0.4, 0.5) is 0 Å². The number of hydrogen-bond acceptors (Lipinski definition) is 11. The molecule has 0 aromatic carbocycles. The summed E-state index contributed by atoms with van der Waals surface area (Å²) in [6.07, 6.45) is 50.4. The molecule has 0 aromatic heterocycles. The molecule has 1 aliphatic rings. The maximum atomic E-state index is 13.1. The fraction of sp³-hybridized carbons (Fsp3) is 0.778. The molecule has 1 rings (SSSR count). The number of carboxylic acids is 1. The zero-order valence-corrected chi connectivity index (χ0v) is 47.5. The first kappa shape index (κ1) is 69.4. The zero-order chi connectivity index (χ0) is 54.7. The van der Waals surface area contributed by atoms with Crippen molar-refractivity contribution in [1.29, 1.82) is 0 Å². The highest BCUT2D eigenvalue weighted by Gasteiger charge is 2.50. The first-order chi connectivity index (χ1) is 36.6. The van der Waals surface area contributed by atoms with Gasteiger partial charge in [-0.3, -0.25) is 14.4 Å². The maximum absolute atomic E-state index is 13.1. The van der Waals surface area contributed by atoms with Crippen molar-refractivity contribution < 1.29 is 58.2 Å². The third-order valence-electron chi connectivity index (χ3n) is 13.6. The Morgan fingerprint density at radius 2 is 0.840 bits per heavy atom. The van der Waals surface area contributed by atoms with E-state index in [1.807, 2.05) is 0 Å². The molecule has 12 nitrogen and oxygen atoms in total. The number of hydrogen-bond donors (Lipinski definition) is 3.